The zero-order chi connectivity index (χ0) is 10.8. The van der Waals surface area contributed by atoms with E-state index in [1.54, 1.807) is 18.2 Å². The van der Waals surface area contributed by atoms with Gasteiger partial charge in [0.1, 0.15) is 0 Å². The minimum absolute atomic E-state index is 0.388. The molecule has 2 rings (SSSR count). The van der Waals surface area contributed by atoms with E-state index in [-0.39, 0.29) is 0 Å². The first kappa shape index (κ1) is 10.4. The molecule has 1 unspecified atom stereocenters. The Balaban J connectivity index is 2.38. The van der Waals surface area contributed by atoms with E-state index in [1.165, 1.54) is 6.39 Å². The van der Waals surface area contributed by atoms with Gasteiger partial charge in [-0.05, 0) is 17.7 Å². The highest BCUT2D eigenvalue weighted by Crippen LogP contribution is 2.27. The Morgan fingerprint density at radius 3 is 2.73 bits per heavy atom. The molecule has 1 aromatic carbocycles. The maximum atomic E-state index is 5.99. The summed E-state index contributed by atoms with van der Waals surface area (Å²) in [6.07, 6.45) is 1.22. The molecule has 0 spiro atoms. The van der Waals surface area contributed by atoms with Crippen molar-refractivity contribution in [2.24, 2.45) is 5.73 Å². The molecule has 6 heteroatoms. The zero-order valence-corrected chi connectivity index (χ0v) is 9.03. The summed E-state index contributed by atoms with van der Waals surface area (Å²) in [5.41, 5.74) is 6.61. The molecule has 1 heterocycles. The molecule has 0 bridgehead atoms. The quantitative estimate of drug-likeness (QED) is 0.880. The molecule has 2 aromatic rings. The molecule has 0 saturated heterocycles. The summed E-state index contributed by atoms with van der Waals surface area (Å²) in [5, 5.41) is 4.70. The molecule has 4 nitrogen and oxygen atoms in total. The van der Waals surface area contributed by atoms with Gasteiger partial charge in [0.25, 0.3) is 0 Å². The number of hydrogen-bond donors (Lipinski definition) is 1. The van der Waals surface area contributed by atoms with Crippen molar-refractivity contribution in [3.05, 3.63) is 46.0 Å². The van der Waals surface area contributed by atoms with Gasteiger partial charge in [0, 0.05) is 10.0 Å². The number of halogens is 2. The number of rotatable bonds is 2. The zero-order valence-electron chi connectivity index (χ0n) is 7.52. The highest BCUT2D eigenvalue weighted by atomic mass is 35.5. The summed E-state index contributed by atoms with van der Waals surface area (Å²) >= 11 is 11.8. The third kappa shape index (κ3) is 2.12. The fourth-order valence-electron chi connectivity index (χ4n) is 1.21. The summed E-state index contributed by atoms with van der Waals surface area (Å²) < 4.78 is 4.61. The van der Waals surface area contributed by atoms with Gasteiger partial charge in [0.05, 0.1) is 6.04 Å². The maximum Gasteiger partial charge on any atom is 0.213 e. The van der Waals surface area contributed by atoms with E-state index in [1.807, 2.05) is 0 Å². The predicted octanol–water partition coefficient (Wildman–Crippen LogP) is 2.42. The third-order valence-electron chi connectivity index (χ3n) is 1.95. The van der Waals surface area contributed by atoms with Crippen LogP contribution in [0.1, 0.15) is 17.4 Å². The minimum Gasteiger partial charge on any atom is -0.343 e. The van der Waals surface area contributed by atoms with Gasteiger partial charge in [-0.25, -0.2) is 0 Å². The lowest BCUT2D eigenvalue weighted by atomic mass is 10.1. The largest absolute Gasteiger partial charge is 0.343 e. The third-order valence-corrected chi connectivity index (χ3v) is 2.52. The van der Waals surface area contributed by atoms with Crippen LogP contribution in [0.15, 0.2) is 29.1 Å². The van der Waals surface area contributed by atoms with Gasteiger partial charge >= 0.3 is 0 Å². The summed E-state index contributed by atoms with van der Waals surface area (Å²) in [6.45, 7) is 0. The Morgan fingerprint density at radius 1 is 1.33 bits per heavy atom. The van der Waals surface area contributed by atoms with Gasteiger partial charge in [-0.2, -0.15) is 4.98 Å². The maximum absolute atomic E-state index is 5.99. The first-order chi connectivity index (χ1) is 7.18. The van der Waals surface area contributed by atoms with E-state index in [9.17, 15) is 0 Å². The van der Waals surface area contributed by atoms with Gasteiger partial charge in [0.15, 0.2) is 5.82 Å². The van der Waals surface area contributed by atoms with Crippen LogP contribution in [0.4, 0.5) is 0 Å². The molecule has 1 aromatic heterocycles. The summed E-state index contributed by atoms with van der Waals surface area (Å²) in [7, 11) is 0. The summed E-state index contributed by atoms with van der Waals surface area (Å²) in [6, 6.07) is 4.57. The molecule has 0 amide bonds. The first-order valence-electron chi connectivity index (χ1n) is 4.15. The van der Waals surface area contributed by atoms with Gasteiger partial charge in [0.2, 0.25) is 6.39 Å². The molecular weight excluding hydrogens is 237 g/mol. The van der Waals surface area contributed by atoms with Crippen molar-refractivity contribution >= 4 is 23.2 Å². The lowest BCUT2D eigenvalue weighted by molar-refractivity contribution is 0.407. The van der Waals surface area contributed by atoms with Crippen LogP contribution in [0.3, 0.4) is 0 Å². The van der Waals surface area contributed by atoms with Crippen LogP contribution >= 0.6 is 23.2 Å². The van der Waals surface area contributed by atoms with Gasteiger partial charge < -0.3 is 10.3 Å². The average Bonchev–Trinajstić information content (AvgIpc) is 2.69. The van der Waals surface area contributed by atoms with E-state index < -0.39 is 6.04 Å². The topological polar surface area (TPSA) is 64.9 Å². The van der Waals surface area contributed by atoms with Crippen molar-refractivity contribution in [2.45, 2.75) is 6.04 Å². The Bertz CT molecular complexity index is 458. The van der Waals surface area contributed by atoms with Crippen LogP contribution in [0.5, 0.6) is 0 Å². The Morgan fingerprint density at radius 2 is 2.13 bits per heavy atom. The van der Waals surface area contributed by atoms with Crippen molar-refractivity contribution < 1.29 is 4.52 Å². The normalized spacial score (nSPS) is 12.7. The molecule has 0 radical (unpaired) electrons. The molecule has 2 N–H and O–H groups in total. The molecule has 1 atom stereocenters. The van der Waals surface area contributed by atoms with Crippen molar-refractivity contribution in [1.82, 2.24) is 10.1 Å². The van der Waals surface area contributed by atoms with Crippen molar-refractivity contribution in [1.29, 1.82) is 0 Å². The van der Waals surface area contributed by atoms with E-state index in [0.717, 1.165) is 0 Å². The monoisotopic (exact) mass is 243 g/mol. The molecule has 15 heavy (non-hydrogen) atoms. The fourth-order valence-corrected chi connectivity index (χ4v) is 1.73. The summed E-state index contributed by atoms with van der Waals surface area (Å²) in [4.78, 5) is 3.86. The summed E-state index contributed by atoms with van der Waals surface area (Å²) in [5.74, 6) is 0.388. The molecule has 0 aliphatic carbocycles. The van der Waals surface area contributed by atoms with Crippen molar-refractivity contribution in [2.75, 3.05) is 0 Å². The average molecular weight is 244 g/mol. The smallest absolute Gasteiger partial charge is 0.213 e. The SMILES string of the molecule is NC(c1ncon1)c1ccc(Cl)cc1Cl. The predicted molar refractivity (Wildman–Crippen MR) is 56.8 cm³/mol. The second-order valence-corrected chi connectivity index (χ2v) is 3.78. The molecule has 78 valence electrons. The fraction of sp³-hybridized carbons (Fsp3) is 0.111. The number of nitrogens with two attached hydrogens (primary N) is 1. The minimum atomic E-state index is -0.506. The van der Waals surface area contributed by atoms with Crippen LogP contribution in [-0.2, 0) is 0 Å². The van der Waals surface area contributed by atoms with E-state index in [4.69, 9.17) is 28.9 Å². The van der Waals surface area contributed by atoms with Crippen molar-refractivity contribution in [3.8, 4) is 0 Å². The first-order valence-corrected chi connectivity index (χ1v) is 4.91. The van der Waals surface area contributed by atoms with Crippen LogP contribution < -0.4 is 5.73 Å². The Hall–Kier alpha value is -1.10. The number of nitrogens with zero attached hydrogens (tertiary/aromatic N) is 2. The molecule has 0 aliphatic rings. The van der Waals surface area contributed by atoms with Crippen LogP contribution in [0.25, 0.3) is 0 Å². The highest BCUT2D eigenvalue weighted by molar-refractivity contribution is 6.35. The lowest BCUT2D eigenvalue weighted by Gasteiger charge is -2.09. The molecule has 0 aliphatic heterocycles. The lowest BCUT2D eigenvalue weighted by Crippen LogP contribution is -2.13. The van der Waals surface area contributed by atoms with Crippen LogP contribution in [0, 0.1) is 0 Å². The van der Waals surface area contributed by atoms with Crippen LogP contribution in [-0.4, -0.2) is 10.1 Å². The number of benzene rings is 1. The van der Waals surface area contributed by atoms with Gasteiger partial charge in [-0.3, -0.25) is 0 Å². The Kier molecular flexibility index (Phi) is 2.90. The molecule has 0 saturated carbocycles. The van der Waals surface area contributed by atoms with E-state index >= 15 is 0 Å². The Labute approximate surface area is 96.0 Å². The number of aromatic nitrogens is 2. The second-order valence-electron chi connectivity index (χ2n) is 2.93. The van der Waals surface area contributed by atoms with E-state index in [0.29, 0.717) is 21.4 Å². The van der Waals surface area contributed by atoms with Gasteiger partial charge in [-0.1, -0.05) is 34.4 Å². The van der Waals surface area contributed by atoms with Gasteiger partial charge in [-0.15, -0.1) is 0 Å². The second kappa shape index (κ2) is 4.18. The van der Waals surface area contributed by atoms with E-state index in [2.05, 4.69) is 14.7 Å². The van der Waals surface area contributed by atoms with Crippen LogP contribution in [0.2, 0.25) is 10.0 Å². The number of hydrogen-bond acceptors (Lipinski definition) is 4. The molecular formula is C9H7Cl2N3O. The standard InChI is InChI=1S/C9H7Cl2N3O/c10-5-1-2-6(7(11)3-5)8(12)9-13-4-15-14-9/h1-4,8H,12H2. The highest BCUT2D eigenvalue weighted by Gasteiger charge is 2.16. The molecule has 0 fully saturated rings. The van der Waals surface area contributed by atoms with Crippen molar-refractivity contribution in [3.63, 3.8) is 0 Å².